The Morgan fingerprint density at radius 2 is 2.10 bits per heavy atom. The molecule has 1 aliphatic rings. The van der Waals surface area contributed by atoms with Crippen molar-refractivity contribution in [2.45, 2.75) is 51.1 Å². The van der Waals surface area contributed by atoms with Gasteiger partial charge in [-0.15, -0.1) is 0 Å². The van der Waals surface area contributed by atoms with Crippen LogP contribution in [0.3, 0.4) is 0 Å². The fourth-order valence-electron chi connectivity index (χ4n) is 3.78. The average molecular weight is 400 g/mol. The fourth-order valence-corrected chi connectivity index (χ4v) is 3.78. The van der Waals surface area contributed by atoms with Crippen LogP contribution in [0, 0.1) is 6.92 Å². The molecule has 0 bridgehead atoms. The lowest BCUT2D eigenvalue weighted by atomic mass is 10.1. The van der Waals surface area contributed by atoms with Gasteiger partial charge in [-0.2, -0.15) is 0 Å². The van der Waals surface area contributed by atoms with E-state index in [0.29, 0.717) is 37.2 Å². The molecule has 1 aliphatic heterocycles. The summed E-state index contributed by atoms with van der Waals surface area (Å²) >= 11 is 0. The number of amides is 2. The second kappa shape index (κ2) is 9.19. The molecule has 0 aliphatic carbocycles. The topological polar surface area (TPSA) is 132 Å². The van der Waals surface area contributed by atoms with Gasteiger partial charge in [-0.05, 0) is 56.8 Å². The Hall–Kier alpha value is -2.71. The van der Waals surface area contributed by atoms with Gasteiger partial charge in [-0.1, -0.05) is 6.42 Å². The van der Waals surface area contributed by atoms with E-state index in [1.165, 1.54) is 6.07 Å². The number of carbonyl (C=O) groups excluding carboxylic acids is 2. The number of anilines is 1. The summed E-state index contributed by atoms with van der Waals surface area (Å²) in [7, 11) is 0. The van der Waals surface area contributed by atoms with Gasteiger partial charge in [0.15, 0.2) is 0 Å². The molecule has 3 rings (SSSR count). The molecule has 2 heterocycles. The Labute approximate surface area is 169 Å². The lowest BCUT2D eigenvalue weighted by molar-refractivity contribution is -0.137. The first kappa shape index (κ1) is 21.0. The number of benzene rings is 1. The van der Waals surface area contributed by atoms with Crippen molar-refractivity contribution in [3.8, 4) is 0 Å². The highest BCUT2D eigenvalue weighted by molar-refractivity contribution is 5.99. The molecule has 0 spiro atoms. The van der Waals surface area contributed by atoms with E-state index in [1.54, 1.807) is 23.1 Å². The minimum Gasteiger partial charge on any atom is -0.423 e. The highest BCUT2D eigenvalue weighted by atomic mass is 16.4. The van der Waals surface area contributed by atoms with E-state index in [0.717, 1.165) is 30.2 Å². The predicted octanol–water partition coefficient (Wildman–Crippen LogP) is 1.49. The molecule has 1 aromatic heterocycles. The van der Waals surface area contributed by atoms with Crippen LogP contribution in [0.15, 0.2) is 33.5 Å². The molecular weight excluding hydrogens is 372 g/mol. The van der Waals surface area contributed by atoms with Crippen molar-refractivity contribution in [3.05, 3.63) is 40.2 Å². The Kier molecular flexibility index (Phi) is 6.66. The largest absolute Gasteiger partial charge is 0.423 e. The van der Waals surface area contributed by atoms with Gasteiger partial charge >= 0.3 is 5.63 Å². The number of nitrogens with one attached hydrogen (secondary N) is 1. The standard InChI is InChI=1S/C21H28N4O4/c1-13-11-19(26)29-18-12-14(7-8-15(13)18)24-20(27)17-6-4-10-25(17)21(28)16(23)5-2-3-9-22/h7-8,11-12,16-17H,2-6,9-10,22-23H2,1H3,(H,24,27)/t16-,17-/m0/s1. The number of unbranched alkanes of at least 4 members (excludes halogenated alkanes) is 1. The van der Waals surface area contributed by atoms with E-state index in [1.807, 2.05) is 6.92 Å². The Morgan fingerprint density at radius 1 is 1.31 bits per heavy atom. The summed E-state index contributed by atoms with van der Waals surface area (Å²) in [6.45, 7) is 2.92. The molecule has 29 heavy (non-hydrogen) atoms. The summed E-state index contributed by atoms with van der Waals surface area (Å²) in [4.78, 5) is 38.7. The molecule has 2 atom stereocenters. The first-order chi connectivity index (χ1) is 13.9. The Bertz CT molecular complexity index is 955. The quantitative estimate of drug-likeness (QED) is 0.476. The highest BCUT2D eigenvalue weighted by Gasteiger charge is 2.36. The van der Waals surface area contributed by atoms with Crippen LogP contribution in [0.2, 0.25) is 0 Å². The molecule has 1 fully saturated rings. The maximum absolute atomic E-state index is 12.8. The summed E-state index contributed by atoms with van der Waals surface area (Å²) in [5.74, 6) is -0.459. The van der Waals surface area contributed by atoms with Crippen molar-refractivity contribution in [2.75, 3.05) is 18.4 Å². The van der Waals surface area contributed by atoms with Crippen LogP contribution in [-0.2, 0) is 9.59 Å². The van der Waals surface area contributed by atoms with Gasteiger partial charge in [0.2, 0.25) is 11.8 Å². The van der Waals surface area contributed by atoms with Crippen LogP contribution in [0.1, 0.15) is 37.7 Å². The highest BCUT2D eigenvalue weighted by Crippen LogP contribution is 2.24. The second-order valence-corrected chi connectivity index (χ2v) is 7.53. The van der Waals surface area contributed by atoms with Gasteiger partial charge in [-0.25, -0.2) is 4.79 Å². The number of nitrogens with two attached hydrogens (primary N) is 2. The summed E-state index contributed by atoms with van der Waals surface area (Å²) in [5, 5.41) is 3.65. The van der Waals surface area contributed by atoms with E-state index >= 15 is 0 Å². The number of hydrogen-bond donors (Lipinski definition) is 3. The van der Waals surface area contributed by atoms with Crippen molar-refractivity contribution >= 4 is 28.5 Å². The number of fused-ring (bicyclic) bond motifs is 1. The molecule has 156 valence electrons. The van der Waals surface area contributed by atoms with E-state index in [9.17, 15) is 14.4 Å². The van der Waals surface area contributed by atoms with Crippen LogP contribution in [0.4, 0.5) is 5.69 Å². The molecule has 0 radical (unpaired) electrons. The smallest absolute Gasteiger partial charge is 0.336 e. The zero-order valence-electron chi connectivity index (χ0n) is 16.6. The molecule has 8 nitrogen and oxygen atoms in total. The third kappa shape index (κ3) is 4.83. The Morgan fingerprint density at radius 3 is 2.86 bits per heavy atom. The number of rotatable bonds is 7. The van der Waals surface area contributed by atoms with Crippen LogP contribution in [0.5, 0.6) is 0 Å². The minimum atomic E-state index is -0.618. The van der Waals surface area contributed by atoms with Crippen molar-refractivity contribution in [1.29, 1.82) is 0 Å². The molecule has 5 N–H and O–H groups in total. The van der Waals surface area contributed by atoms with Crippen molar-refractivity contribution in [3.63, 3.8) is 0 Å². The van der Waals surface area contributed by atoms with Crippen molar-refractivity contribution < 1.29 is 14.0 Å². The molecular formula is C21H28N4O4. The minimum absolute atomic E-state index is 0.195. The van der Waals surface area contributed by atoms with E-state index in [2.05, 4.69) is 5.32 Å². The lowest BCUT2D eigenvalue weighted by Gasteiger charge is -2.26. The van der Waals surface area contributed by atoms with Gasteiger partial charge in [0.05, 0.1) is 6.04 Å². The summed E-state index contributed by atoms with van der Waals surface area (Å²) in [6.07, 6.45) is 3.52. The van der Waals surface area contributed by atoms with Crippen molar-refractivity contribution in [2.24, 2.45) is 11.5 Å². The summed E-state index contributed by atoms with van der Waals surface area (Å²) in [6, 6.07) is 5.44. The first-order valence-electron chi connectivity index (χ1n) is 10.0. The maximum Gasteiger partial charge on any atom is 0.336 e. The zero-order valence-corrected chi connectivity index (χ0v) is 16.6. The first-order valence-corrected chi connectivity index (χ1v) is 10.0. The maximum atomic E-state index is 12.8. The van der Waals surface area contributed by atoms with Crippen LogP contribution < -0.4 is 22.4 Å². The van der Waals surface area contributed by atoms with Gasteiger partial charge in [0.1, 0.15) is 11.6 Å². The molecule has 0 saturated carbocycles. The van der Waals surface area contributed by atoms with E-state index < -0.39 is 17.7 Å². The third-order valence-corrected chi connectivity index (χ3v) is 5.34. The SMILES string of the molecule is Cc1cc(=O)oc2cc(NC(=O)[C@@H]3CCCN3C(=O)[C@@H](N)CCCCN)ccc12. The number of nitrogens with zero attached hydrogens (tertiary/aromatic N) is 1. The summed E-state index contributed by atoms with van der Waals surface area (Å²) < 4.78 is 5.23. The van der Waals surface area contributed by atoms with Gasteiger partial charge in [0.25, 0.3) is 0 Å². The predicted molar refractivity (Wildman–Crippen MR) is 111 cm³/mol. The van der Waals surface area contributed by atoms with E-state index in [4.69, 9.17) is 15.9 Å². The van der Waals surface area contributed by atoms with E-state index in [-0.39, 0.29) is 11.8 Å². The second-order valence-electron chi connectivity index (χ2n) is 7.53. The Balaban J connectivity index is 1.70. The number of aryl methyl sites for hydroxylation is 1. The molecule has 2 aromatic rings. The number of hydrogen-bond acceptors (Lipinski definition) is 6. The molecule has 0 unspecified atom stereocenters. The molecule has 8 heteroatoms. The van der Waals surface area contributed by atoms with Gasteiger partial charge in [0, 0.05) is 29.8 Å². The average Bonchev–Trinajstić information content (AvgIpc) is 3.17. The third-order valence-electron chi connectivity index (χ3n) is 5.34. The van der Waals surface area contributed by atoms with Crippen LogP contribution in [-0.4, -0.2) is 41.9 Å². The number of likely N-dealkylation sites (tertiary alicyclic amines) is 1. The fraction of sp³-hybridized carbons (Fsp3) is 0.476. The van der Waals surface area contributed by atoms with Gasteiger partial charge in [-0.3, -0.25) is 9.59 Å². The summed E-state index contributed by atoms with van der Waals surface area (Å²) in [5.41, 5.74) is 12.8. The molecule has 2 amide bonds. The molecule has 1 aromatic carbocycles. The lowest BCUT2D eigenvalue weighted by Crippen LogP contribution is -2.49. The van der Waals surface area contributed by atoms with Crippen LogP contribution in [0.25, 0.3) is 11.0 Å². The monoisotopic (exact) mass is 400 g/mol. The van der Waals surface area contributed by atoms with Gasteiger partial charge < -0.3 is 26.1 Å². The van der Waals surface area contributed by atoms with Crippen LogP contribution >= 0.6 is 0 Å². The normalized spacial score (nSPS) is 17.5. The molecule has 1 saturated heterocycles. The number of carbonyl (C=O) groups is 2. The zero-order chi connectivity index (χ0) is 21.0. The van der Waals surface area contributed by atoms with Crippen molar-refractivity contribution in [1.82, 2.24) is 4.90 Å².